The van der Waals surface area contributed by atoms with Crippen LogP contribution in [0, 0.1) is 10.1 Å². The fraction of sp³-hybridized carbons (Fsp3) is 0.333. The molecule has 11 heteroatoms. The fourth-order valence-electron chi connectivity index (χ4n) is 1.88. The molecule has 1 amide bonds. The number of hydrogen-bond acceptors (Lipinski definition) is 8. The van der Waals surface area contributed by atoms with E-state index in [-0.39, 0.29) is 35.3 Å². The fourth-order valence-corrected chi connectivity index (χ4v) is 2.41. The number of aromatic nitrogens is 2. The highest BCUT2D eigenvalue weighted by molar-refractivity contribution is 7.00. The van der Waals surface area contributed by atoms with Gasteiger partial charge in [-0.05, 0) is 6.07 Å². The predicted octanol–water partition coefficient (Wildman–Crippen LogP) is 0.819. The topological polar surface area (TPSA) is 145 Å². The molecule has 0 spiro atoms. The third-order valence-corrected chi connectivity index (χ3v) is 3.56. The van der Waals surface area contributed by atoms with Crippen molar-refractivity contribution in [2.45, 2.75) is 12.5 Å². The number of hydrogen-bond donors (Lipinski definition) is 2. The Kier molecular flexibility index (Phi) is 5.13. The molecular formula is C12H12N4O6S. The maximum Gasteiger partial charge on any atom is 0.326 e. The molecule has 10 nitrogen and oxygen atoms in total. The Hall–Kier alpha value is -2.66. The Balaban J connectivity index is 2.29. The molecule has 1 heterocycles. The molecule has 2 N–H and O–H groups in total. The van der Waals surface area contributed by atoms with Gasteiger partial charge >= 0.3 is 5.97 Å². The number of ether oxygens (including phenoxy) is 1. The van der Waals surface area contributed by atoms with Gasteiger partial charge in [-0.1, -0.05) is 0 Å². The number of nitro groups is 1. The lowest BCUT2D eigenvalue weighted by molar-refractivity contribution is -0.383. The molecule has 1 atom stereocenters. The second-order valence-corrected chi connectivity index (χ2v) is 5.06. The van der Waals surface area contributed by atoms with Gasteiger partial charge in [0.25, 0.3) is 11.6 Å². The average Bonchev–Trinajstić information content (AvgIpc) is 2.97. The number of nitrogens with zero attached hydrogens (tertiary/aromatic N) is 3. The predicted molar refractivity (Wildman–Crippen MR) is 79.5 cm³/mol. The van der Waals surface area contributed by atoms with E-state index >= 15 is 0 Å². The third kappa shape index (κ3) is 3.76. The molecule has 0 saturated carbocycles. The zero-order chi connectivity index (χ0) is 17.0. The monoisotopic (exact) mass is 340 g/mol. The lowest BCUT2D eigenvalue weighted by atomic mass is 10.1. The smallest absolute Gasteiger partial charge is 0.326 e. The summed E-state index contributed by atoms with van der Waals surface area (Å²) in [5.74, 6) is -1.96. The highest BCUT2D eigenvalue weighted by atomic mass is 32.1. The Morgan fingerprint density at radius 2 is 2.22 bits per heavy atom. The van der Waals surface area contributed by atoms with Gasteiger partial charge in [-0.25, -0.2) is 4.79 Å². The van der Waals surface area contributed by atoms with Crippen molar-refractivity contribution in [3.8, 4) is 0 Å². The number of carboxylic acids is 1. The van der Waals surface area contributed by atoms with E-state index in [9.17, 15) is 19.7 Å². The molecule has 0 radical (unpaired) electrons. The number of amides is 1. The van der Waals surface area contributed by atoms with Gasteiger partial charge in [0.05, 0.1) is 16.7 Å². The van der Waals surface area contributed by atoms with Gasteiger partial charge in [-0.2, -0.15) is 8.75 Å². The van der Waals surface area contributed by atoms with Crippen LogP contribution >= 0.6 is 11.7 Å². The van der Waals surface area contributed by atoms with Crippen molar-refractivity contribution in [2.75, 3.05) is 13.7 Å². The summed E-state index contributed by atoms with van der Waals surface area (Å²) >= 11 is 0.788. The number of nitro benzene ring substituents is 1. The molecule has 1 unspecified atom stereocenters. The summed E-state index contributed by atoms with van der Waals surface area (Å²) in [6.07, 6.45) is 0.0696. The standard InChI is InChI=1S/C12H12N4O6S/c1-22-3-2-7(12(18)19)13-11(17)6-4-8-10(15-23-14-8)9(5-6)16(20)21/h4-5,7H,2-3H2,1H3,(H,13,17)(H,18,19). The Labute approximate surface area is 133 Å². The molecule has 23 heavy (non-hydrogen) atoms. The number of non-ortho nitro benzene ring substituents is 1. The van der Waals surface area contributed by atoms with E-state index < -0.39 is 22.8 Å². The minimum absolute atomic E-state index is 0.0550. The molecule has 1 aromatic carbocycles. The summed E-state index contributed by atoms with van der Waals surface area (Å²) in [7, 11) is 1.41. The first-order valence-electron chi connectivity index (χ1n) is 6.37. The summed E-state index contributed by atoms with van der Waals surface area (Å²) in [4.78, 5) is 33.7. The number of rotatable bonds is 7. The van der Waals surface area contributed by atoms with Crippen LogP contribution in [0.5, 0.6) is 0 Å². The minimum atomic E-state index is -1.22. The summed E-state index contributed by atoms with van der Waals surface area (Å²) in [6, 6.07) is 1.22. The van der Waals surface area contributed by atoms with Gasteiger partial charge in [-0.15, -0.1) is 0 Å². The van der Waals surface area contributed by atoms with Crippen LogP contribution in [0.4, 0.5) is 5.69 Å². The number of benzene rings is 1. The van der Waals surface area contributed by atoms with E-state index in [0.717, 1.165) is 17.8 Å². The lowest BCUT2D eigenvalue weighted by Gasteiger charge is -2.14. The Morgan fingerprint density at radius 3 is 2.83 bits per heavy atom. The van der Waals surface area contributed by atoms with Crippen molar-refractivity contribution < 1.29 is 24.4 Å². The minimum Gasteiger partial charge on any atom is -0.480 e. The number of aliphatic carboxylic acids is 1. The number of fused-ring (bicyclic) bond motifs is 1. The van der Waals surface area contributed by atoms with Crippen LogP contribution in [0.1, 0.15) is 16.8 Å². The zero-order valence-electron chi connectivity index (χ0n) is 11.9. The average molecular weight is 340 g/mol. The van der Waals surface area contributed by atoms with Gasteiger partial charge < -0.3 is 15.2 Å². The molecule has 2 aromatic rings. The number of nitrogens with one attached hydrogen (secondary N) is 1. The highest BCUT2D eigenvalue weighted by Gasteiger charge is 2.24. The van der Waals surface area contributed by atoms with Crippen LogP contribution in [0.25, 0.3) is 11.0 Å². The van der Waals surface area contributed by atoms with Crippen LogP contribution in [0.2, 0.25) is 0 Å². The van der Waals surface area contributed by atoms with Crippen molar-refractivity contribution >= 4 is 40.3 Å². The lowest BCUT2D eigenvalue weighted by Crippen LogP contribution is -2.41. The first kappa shape index (κ1) is 16.7. The van der Waals surface area contributed by atoms with Crippen LogP contribution in [-0.4, -0.2) is 50.4 Å². The van der Waals surface area contributed by atoms with E-state index in [0.29, 0.717) is 0 Å². The first-order valence-corrected chi connectivity index (χ1v) is 7.10. The third-order valence-electron chi connectivity index (χ3n) is 3.01. The van der Waals surface area contributed by atoms with Crippen molar-refractivity contribution in [2.24, 2.45) is 0 Å². The second kappa shape index (κ2) is 7.07. The maximum absolute atomic E-state index is 12.2. The van der Waals surface area contributed by atoms with Gasteiger partial charge in [0, 0.05) is 31.8 Å². The zero-order valence-corrected chi connectivity index (χ0v) is 12.7. The van der Waals surface area contributed by atoms with Crippen molar-refractivity contribution in [1.82, 2.24) is 14.1 Å². The van der Waals surface area contributed by atoms with Crippen molar-refractivity contribution in [1.29, 1.82) is 0 Å². The van der Waals surface area contributed by atoms with Crippen LogP contribution in [0.15, 0.2) is 12.1 Å². The van der Waals surface area contributed by atoms with E-state index in [1.165, 1.54) is 13.2 Å². The SMILES string of the molecule is COCCC(NC(=O)c1cc([N+](=O)[O-])c2nsnc2c1)C(=O)O. The van der Waals surface area contributed by atoms with E-state index in [4.69, 9.17) is 9.84 Å². The summed E-state index contributed by atoms with van der Waals surface area (Å²) in [5, 5.41) is 22.4. The summed E-state index contributed by atoms with van der Waals surface area (Å²) in [5.41, 5.74) is -0.116. The molecule has 0 fully saturated rings. The molecule has 0 aliphatic carbocycles. The normalized spacial score (nSPS) is 12.0. The largest absolute Gasteiger partial charge is 0.480 e. The highest BCUT2D eigenvalue weighted by Crippen LogP contribution is 2.25. The van der Waals surface area contributed by atoms with Crippen molar-refractivity contribution in [3.63, 3.8) is 0 Å². The van der Waals surface area contributed by atoms with Crippen LogP contribution in [-0.2, 0) is 9.53 Å². The first-order chi connectivity index (χ1) is 10.9. The molecule has 0 aliphatic rings. The number of carbonyl (C=O) groups is 2. The van der Waals surface area contributed by atoms with Gasteiger partial charge in [0.15, 0.2) is 5.52 Å². The second-order valence-electron chi connectivity index (χ2n) is 4.53. The Bertz CT molecular complexity index is 761. The Morgan fingerprint density at radius 1 is 1.48 bits per heavy atom. The molecule has 2 rings (SSSR count). The van der Waals surface area contributed by atoms with E-state index in [2.05, 4.69) is 14.1 Å². The van der Waals surface area contributed by atoms with Gasteiger partial charge in [-0.3, -0.25) is 14.9 Å². The van der Waals surface area contributed by atoms with Gasteiger partial charge in [0.1, 0.15) is 11.6 Å². The van der Waals surface area contributed by atoms with E-state index in [1.54, 1.807) is 0 Å². The van der Waals surface area contributed by atoms with Gasteiger partial charge in [0.2, 0.25) is 0 Å². The molecule has 0 bridgehead atoms. The number of carbonyl (C=O) groups excluding carboxylic acids is 1. The quantitative estimate of drug-likeness (QED) is 0.556. The van der Waals surface area contributed by atoms with Crippen molar-refractivity contribution in [3.05, 3.63) is 27.8 Å². The maximum atomic E-state index is 12.2. The summed E-state index contributed by atoms with van der Waals surface area (Å²) < 4.78 is 12.5. The number of methoxy groups -OCH3 is 1. The summed E-state index contributed by atoms with van der Waals surface area (Å²) in [6.45, 7) is 0.145. The van der Waals surface area contributed by atoms with Crippen LogP contribution in [0.3, 0.4) is 0 Å². The van der Waals surface area contributed by atoms with E-state index in [1.807, 2.05) is 0 Å². The molecular weight excluding hydrogens is 328 g/mol. The molecule has 1 aromatic heterocycles. The molecule has 0 saturated heterocycles. The van der Waals surface area contributed by atoms with Crippen LogP contribution < -0.4 is 5.32 Å². The molecule has 0 aliphatic heterocycles. The molecule has 122 valence electrons. The number of carboxylic acid groups (broad SMARTS) is 1.